The Morgan fingerprint density at radius 2 is 2.14 bits per heavy atom. The molecule has 0 atom stereocenters. The fourth-order valence-electron chi connectivity index (χ4n) is 1.69. The lowest BCUT2D eigenvalue weighted by molar-refractivity contribution is 0.0529. The van der Waals surface area contributed by atoms with Crippen molar-refractivity contribution < 1.29 is 9.53 Å². The van der Waals surface area contributed by atoms with Crippen LogP contribution in [0.4, 0.5) is 4.79 Å². The van der Waals surface area contributed by atoms with Crippen molar-refractivity contribution in [1.82, 2.24) is 5.32 Å². The van der Waals surface area contributed by atoms with Crippen LogP contribution in [0, 0.1) is 18.3 Å². The highest BCUT2D eigenvalue weighted by Gasteiger charge is 2.15. The molecule has 1 aromatic carbocycles. The number of alkyl carbamates (subject to hydrolysis) is 1. The van der Waals surface area contributed by atoms with Gasteiger partial charge in [-0.2, -0.15) is 5.26 Å². The predicted octanol–water partition coefficient (Wildman–Crippen LogP) is 3.79. The van der Waals surface area contributed by atoms with Gasteiger partial charge in [-0.3, -0.25) is 0 Å². The highest BCUT2D eigenvalue weighted by molar-refractivity contribution is 5.67. The Balaban J connectivity index is 2.43. The Hall–Kier alpha value is -2.28. The SMILES string of the molecule is Cc1ccc(C=CCCNC(=O)OC(C)(C)C)c(C#N)c1. The summed E-state index contributed by atoms with van der Waals surface area (Å²) in [5, 5.41) is 11.8. The average molecular weight is 286 g/mol. The molecule has 0 fully saturated rings. The largest absolute Gasteiger partial charge is 0.444 e. The number of nitrogens with zero attached hydrogens (tertiary/aromatic N) is 1. The van der Waals surface area contributed by atoms with Gasteiger partial charge in [-0.15, -0.1) is 0 Å². The molecule has 0 saturated heterocycles. The normalized spacial score (nSPS) is 11.2. The van der Waals surface area contributed by atoms with Gasteiger partial charge in [0.15, 0.2) is 0 Å². The van der Waals surface area contributed by atoms with Crippen LogP contribution in [0.3, 0.4) is 0 Å². The maximum atomic E-state index is 11.4. The maximum Gasteiger partial charge on any atom is 0.407 e. The van der Waals surface area contributed by atoms with Crippen LogP contribution in [0.5, 0.6) is 0 Å². The zero-order valence-corrected chi connectivity index (χ0v) is 13.1. The molecular weight excluding hydrogens is 264 g/mol. The van der Waals surface area contributed by atoms with Crippen molar-refractivity contribution in [3.63, 3.8) is 0 Å². The van der Waals surface area contributed by atoms with Crippen LogP contribution in [-0.2, 0) is 4.74 Å². The van der Waals surface area contributed by atoms with E-state index in [4.69, 9.17) is 10.00 Å². The fourth-order valence-corrected chi connectivity index (χ4v) is 1.69. The Bertz CT molecular complexity index is 563. The standard InChI is InChI=1S/C17H22N2O2/c1-13-8-9-14(15(11-13)12-18)7-5-6-10-19-16(20)21-17(2,3)4/h5,7-9,11H,6,10H2,1-4H3,(H,19,20). The number of rotatable bonds is 4. The van der Waals surface area contributed by atoms with Gasteiger partial charge in [0, 0.05) is 6.54 Å². The summed E-state index contributed by atoms with van der Waals surface area (Å²) in [7, 11) is 0. The Morgan fingerprint density at radius 3 is 2.76 bits per heavy atom. The number of aryl methyl sites for hydroxylation is 1. The summed E-state index contributed by atoms with van der Waals surface area (Å²) in [6.45, 7) is 7.94. The third-order valence-electron chi connectivity index (χ3n) is 2.61. The Kier molecular flexibility index (Phi) is 5.98. The quantitative estimate of drug-likeness (QED) is 0.856. The van der Waals surface area contributed by atoms with Crippen molar-refractivity contribution in [2.75, 3.05) is 6.54 Å². The van der Waals surface area contributed by atoms with Gasteiger partial charge in [0.2, 0.25) is 0 Å². The highest BCUT2D eigenvalue weighted by atomic mass is 16.6. The van der Waals surface area contributed by atoms with Gasteiger partial charge in [-0.25, -0.2) is 4.79 Å². The first-order chi connectivity index (χ1) is 9.81. The third-order valence-corrected chi connectivity index (χ3v) is 2.61. The van der Waals surface area contributed by atoms with Crippen LogP contribution in [-0.4, -0.2) is 18.2 Å². The summed E-state index contributed by atoms with van der Waals surface area (Å²) in [6.07, 6.45) is 4.10. The number of amides is 1. The van der Waals surface area contributed by atoms with Gasteiger partial charge < -0.3 is 10.1 Å². The molecule has 1 aromatic rings. The number of carbonyl (C=O) groups is 1. The van der Waals surface area contributed by atoms with Gasteiger partial charge in [0.1, 0.15) is 5.60 Å². The summed E-state index contributed by atoms with van der Waals surface area (Å²) in [6, 6.07) is 7.93. The molecule has 0 unspecified atom stereocenters. The van der Waals surface area contributed by atoms with Crippen molar-refractivity contribution in [3.8, 4) is 6.07 Å². The zero-order chi connectivity index (χ0) is 15.9. The number of nitriles is 1. The van der Waals surface area contributed by atoms with Gasteiger partial charge in [-0.1, -0.05) is 24.3 Å². The van der Waals surface area contributed by atoms with Gasteiger partial charge in [-0.05, 0) is 51.3 Å². The van der Waals surface area contributed by atoms with Gasteiger partial charge in [0.25, 0.3) is 0 Å². The highest BCUT2D eigenvalue weighted by Crippen LogP contribution is 2.12. The molecular formula is C17H22N2O2. The van der Waals surface area contributed by atoms with Crippen LogP contribution >= 0.6 is 0 Å². The molecule has 1 rings (SSSR count). The fraction of sp³-hybridized carbons (Fsp3) is 0.412. The van der Waals surface area contributed by atoms with Crippen LogP contribution in [0.25, 0.3) is 6.08 Å². The molecule has 0 aliphatic rings. The average Bonchev–Trinajstić information content (AvgIpc) is 2.37. The maximum absolute atomic E-state index is 11.4. The Morgan fingerprint density at radius 1 is 1.43 bits per heavy atom. The molecule has 1 N–H and O–H groups in total. The second-order valence-corrected chi connectivity index (χ2v) is 5.82. The van der Waals surface area contributed by atoms with E-state index >= 15 is 0 Å². The second kappa shape index (κ2) is 7.49. The predicted molar refractivity (Wildman–Crippen MR) is 83.8 cm³/mol. The minimum absolute atomic E-state index is 0.413. The first-order valence-electron chi connectivity index (χ1n) is 6.96. The number of hydrogen-bond donors (Lipinski definition) is 1. The molecule has 21 heavy (non-hydrogen) atoms. The van der Waals surface area contributed by atoms with Crippen LogP contribution in [0.15, 0.2) is 24.3 Å². The molecule has 0 saturated carbocycles. The minimum atomic E-state index is -0.483. The molecule has 112 valence electrons. The van der Waals surface area contributed by atoms with Crippen molar-refractivity contribution in [1.29, 1.82) is 5.26 Å². The van der Waals surface area contributed by atoms with E-state index in [-0.39, 0.29) is 0 Å². The molecule has 1 amide bonds. The smallest absolute Gasteiger partial charge is 0.407 e. The zero-order valence-electron chi connectivity index (χ0n) is 13.1. The van der Waals surface area contributed by atoms with Crippen molar-refractivity contribution in [2.45, 2.75) is 39.7 Å². The van der Waals surface area contributed by atoms with E-state index in [1.807, 2.05) is 58.0 Å². The number of benzene rings is 1. The first kappa shape index (κ1) is 16.8. The van der Waals surface area contributed by atoms with E-state index < -0.39 is 11.7 Å². The summed E-state index contributed by atoms with van der Waals surface area (Å²) in [4.78, 5) is 11.4. The molecule has 0 bridgehead atoms. The topological polar surface area (TPSA) is 62.1 Å². The van der Waals surface area contributed by atoms with Crippen LogP contribution < -0.4 is 5.32 Å². The van der Waals surface area contributed by atoms with E-state index in [0.717, 1.165) is 11.1 Å². The molecule has 4 nitrogen and oxygen atoms in total. The van der Waals surface area contributed by atoms with E-state index in [1.165, 1.54) is 0 Å². The molecule has 0 aromatic heterocycles. The first-order valence-corrected chi connectivity index (χ1v) is 6.96. The van der Waals surface area contributed by atoms with E-state index in [1.54, 1.807) is 0 Å². The monoisotopic (exact) mass is 286 g/mol. The molecule has 0 heterocycles. The van der Waals surface area contributed by atoms with Crippen LogP contribution in [0.2, 0.25) is 0 Å². The molecule has 0 aliphatic carbocycles. The van der Waals surface area contributed by atoms with Crippen molar-refractivity contribution in [2.24, 2.45) is 0 Å². The molecule has 0 aliphatic heterocycles. The lowest BCUT2D eigenvalue weighted by atomic mass is 10.0. The lowest BCUT2D eigenvalue weighted by Gasteiger charge is -2.19. The van der Waals surface area contributed by atoms with Crippen LogP contribution in [0.1, 0.15) is 43.9 Å². The summed E-state index contributed by atoms with van der Waals surface area (Å²) >= 11 is 0. The Labute approximate surface area is 126 Å². The number of carbonyl (C=O) groups excluding carboxylic acids is 1. The number of hydrogen-bond acceptors (Lipinski definition) is 3. The summed E-state index contributed by atoms with van der Waals surface area (Å²) in [5.74, 6) is 0. The number of ether oxygens (including phenoxy) is 1. The molecule has 0 radical (unpaired) electrons. The van der Waals surface area contributed by atoms with E-state index in [0.29, 0.717) is 18.5 Å². The summed E-state index contributed by atoms with van der Waals surface area (Å²) < 4.78 is 5.14. The van der Waals surface area contributed by atoms with Gasteiger partial charge >= 0.3 is 6.09 Å². The third kappa shape index (κ3) is 6.62. The van der Waals surface area contributed by atoms with Crippen molar-refractivity contribution in [3.05, 3.63) is 41.0 Å². The van der Waals surface area contributed by atoms with Gasteiger partial charge in [0.05, 0.1) is 11.6 Å². The second-order valence-electron chi connectivity index (χ2n) is 5.82. The lowest BCUT2D eigenvalue weighted by Crippen LogP contribution is -2.32. The van der Waals surface area contributed by atoms with E-state index in [2.05, 4.69) is 11.4 Å². The number of nitrogens with one attached hydrogen (secondary N) is 1. The molecule has 4 heteroatoms. The molecule has 0 spiro atoms. The summed E-state index contributed by atoms with van der Waals surface area (Å²) in [5.41, 5.74) is 2.13. The van der Waals surface area contributed by atoms with Crippen molar-refractivity contribution >= 4 is 12.2 Å². The minimum Gasteiger partial charge on any atom is -0.444 e. The van der Waals surface area contributed by atoms with E-state index in [9.17, 15) is 4.79 Å².